The van der Waals surface area contributed by atoms with Gasteiger partial charge < -0.3 is 15.4 Å². The molecule has 0 amide bonds. The predicted molar refractivity (Wildman–Crippen MR) is 85.1 cm³/mol. The molecule has 4 heteroatoms. The number of fused-ring (bicyclic) bond motifs is 1. The van der Waals surface area contributed by atoms with Gasteiger partial charge in [0.1, 0.15) is 11.9 Å². The van der Waals surface area contributed by atoms with Gasteiger partial charge in [-0.15, -0.1) is 0 Å². The minimum atomic E-state index is -0.137. The van der Waals surface area contributed by atoms with E-state index in [1.165, 1.54) is 12.3 Å². The van der Waals surface area contributed by atoms with Crippen LogP contribution in [-0.4, -0.2) is 13.1 Å². The Balaban J connectivity index is 0.000000432. The van der Waals surface area contributed by atoms with E-state index in [0.29, 0.717) is 18.5 Å². The molecule has 22 heavy (non-hydrogen) atoms. The van der Waals surface area contributed by atoms with Crippen LogP contribution < -0.4 is 56.1 Å². The van der Waals surface area contributed by atoms with Crippen LogP contribution in [0.15, 0.2) is 24.3 Å². The number of hydrogen-bond donors (Lipinski definition) is 0. The van der Waals surface area contributed by atoms with Crippen molar-refractivity contribution < 1.29 is 65.7 Å². The Morgan fingerprint density at radius 1 is 1.32 bits per heavy atom. The van der Waals surface area contributed by atoms with Crippen LogP contribution in [0.3, 0.4) is 0 Å². The number of hydrogen-bond acceptors (Lipinski definition) is 3. The van der Waals surface area contributed by atoms with Crippen LogP contribution in [-0.2, 0) is 9.53 Å². The normalized spacial score (nSPS) is 16.4. The number of benzene rings is 1. The summed E-state index contributed by atoms with van der Waals surface area (Å²) >= 11 is 0. The number of rotatable bonds is 3. The second-order valence-electron chi connectivity index (χ2n) is 6.84. The van der Waals surface area contributed by atoms with E-state index in [4.69, 9.17) is 9.47 Å². The van der Waals surface area contributed by atoms with E-state index in [-0.39, 0.29) is 57.5 Å². The summed E-state index contributed by atoms with van der Waals surface area (Å²) < 4.78 is 10.4. The zero-order valence-electron chi connectivity index (χ0n) is 14.8. The first-order valence-corrected chi connectivity index (χ1v) is 7.43. The first kappa shape index (κ1) is 22.1. The molecule has 1 unspecified atom stereocenters. The quantitative estimate of drug-likeness (QED) is 0.481. The second-order valence-corrected chi connectivity index (χ2v) is 6.84. The maximum Gasteiger partial charge on any atom is 1.00 e. The van der Waals surface area contributed by atoms with E-state index in [9.17, 15) is 4.79 Å². The van der Waals surface area contributed by atoms with Crippen LogP contribution in [0.5, 0.6) is 5.75 Å². The Morgan fingerprint density at radius 3 is 2.45 bits per heavy atom. The summed E-state index contributed by atoms with van der Waals surface area (Å²) in [6, 6.07) is 7.62. The third-order valence-corrected chi connectivity index (χ3v) is 3.01. The van der Waals surface area contributed by atoms with Crippen LogP contribution in [0.4, 0.5) is 0 Å². The molecular weight excluding hydrogens is 303 g/mol. The van der Waals surface area contributed by atoms with E-state index < -0.39 is 0 Å². The van der Waals surface area contributed by atoms with Crippen molar-refractivity contribution in [1.29, 1.82) is 0 Å². The Hall–Kier alpha value is 0.126. The van der Waals surface area contributed by atoms with Crippen molar-refractivity contribution in [3.05, 3.63) is 35.7 Å². The average Bonchev–Trinajstić information content (AvgIpc) is 2.37. The van der Waals surface area contributed by atoms with Crippen LogP contribution in [0.2, 0.25) is 0 Å². The van der Waals surface area contributed by atoms with Crippen molar-refractivity contribution in [1.82, 2.24) is 0 Å². The van der Waals surface area contributed by atoms with Gasteiger partial charge in [0, 0.05) is 12.0 Å². The van der Waals surface area contributed by atoms with E-state index in [2.05, 4.69) is 34.6 Å². The van der Waals surface area contributed by atoms with Gasteiger partial charge >= 0.3 is 51.4 Å². The first-order chi connectivity index (χ1) is 9.83. The molecule has 0 saturated heterocycles. The van der Waals surface area contributed by atoms with E-state index in [0.717, 1.165) is 17.7 Å². The minimum absolute atomic E-state index is 0. The zero-order chi connectivity index (χ0) is 15.9. The molecule has 0 N–H and O–H groups in total. The Kier molecular flexibility index (Phi) is 10.9. The van der Waals surface area contributed by atoms with Crippen LogP contribution in [0.1, 0.15) is 59.1 Å². The van der Waals surface area contributed by atoms with Gasteiger partial charge in [0.15, 0.2) is 0 Å². The number of para-hydroxylation sites is 1. The van der Waals surface area contributed by atoms with Crippen molar-refractivity contribution in [2.24, 2.45) is 5.41 Å². The monoisotopic (exact) mass is 330 g/mol. The smallest absolute Gasteiger partial charge is 0.493 e. The maximum absolute atomic E-state index is 10.2. The van der Waals surface area contributed by atoms with Gasteiger partial charge in [-0.05, 0) is 6.07 Å². The molecule has 2 rings (SSSR count). The number of carbonyl (C=O) groups excluding carboxylic acids is 1. The molecule has 1 aromatic rings. The molecule has 1 aliphatic heterocycles. The average molecular weight is 331 g/mol. The van der Waals surface area contributed by atoms with Gasteiger partial charge in [-0.3, -0.25) is 4.79 Å². The van der Waals surface area contributed by atoms with E-state index in [1.807, 2.05) is 24.3 Å². The van der Waals surface area contributed by atoms with Crippen molar-refractivity contribution in [3.8, 4) is 5.75 Å². The standard InChI is InChI=1S/C10H10O3.C8H17.K/c11-7-13-10-5-6-12-9-4-2-1-3-8(9)10;1-7(2)6-8(3,4)5;/h1-4,7,10H,5-6H2;6H2,1-5H3;/q;-1;+1. The minimum Gasteiger partial charge on any atom is -0.493 e. The van der Waals surface area contributed by atoms with Gasteiger partial charge in [-0.1, -0.05) is 44.4 Å². The molecule has 0 radical (unpaired) electrons. The summed E-state index contributed by atoms with van der Waals surface area (Å²) in [6.45, 7) is 12.3. The van der Waals surface area contributed by atoms with Gasteiger partial charge in [-0.25, -0.2) is 0 Å². The largest absolute Gasteiger partial charge is 1.00 e. The molecule has 3 nitrogen and oxygen atoms in total. The maximum atomic E-state index is 10.2. The summed E-state index contributed by atoms with van der Waals surface area (Å²) in [5, 5.41) is 0. The SMILES string of the molecule is C[C-](C)CC(C)(C)C.O=COC1CCOc2ccccc21.[K+]. The molecule has 0 spiro atoms. The molecule has 1 atom stereocenters. The van der Waals surface area contributed by atoms with Crippen molar-refractivity contribution in [3.63, 3.8) is 0 Å². The molecule has 118 valence electrons. The molecule has 0 bridgehead atoms. The van der Waals surface area contributed by atoms with Crippen molar-refractivity contribution in [2.45, 2.75) is 53.6 Å². The van der Waals surface area contributed by atoms with Gasteiger partial charge in [0.2, 0.25) is 0 Å². The third-order valence-electron chi connectivity index (χ3n) is 3.01. The molecule has 0 aromatic heterocycles. The van der Waals surface area contributed by atoms with Crippen molar-refractivity contribution in [2.75, 3.05) is 6.61 Å². The van der Waals surface area contributed by atoms with Gasteiger partial charge in [0.25, 0.3) is 6.47 Å². The third kappa shape index (κ3) is 8.68. The zero-order valence-corrected chi connectivity index (χ0v) is 17.9. The molecule has 0 fully saturated rings. The molecule has 1 heterocycles. The fourth-order valence-electron chi connectivity index (χ4n) is 2.58. The molecule has 0 aliphatic carbocycles. The fraction of sp³-hybridized carbons (Fsp3) is 0.556. The van der Waals surface area contributed by atoms with Crippen LogP contribution >= 0.6 is 0 Å². The van der Waals surface area contributed by atoms with Crippen molar-refractivity contribution >= 4 is 6.47 Å². The summed E-state index contributed by atoms with van der Waals surface area (Å²) in [7, 11) is 0. The number of carbonyl (C=O) groups is 1. The molecule has 0 saturated carbocycles. The molecule has 1 aliphatic rings. The summed E-state index contributed by atoms with van der Waals surface area (Å²) in [6.07, 6.45) is 1.84. The van der Waals surface area contributed by atoms with Crippen LogP contribution in [0.25, 0.3) is 0 Å². The Morgan fingerprint density at radius 2 is 1.95 bits per heavy atom. The predicted octanol–water partition coefficient (Wildman–Crippen LogP) is 1.72. The number of ether oxygens (including phenoxy) is 2. The summed E-state index contributed by atoms with van der Waals surface area (Å²) in [4.78, 5) is 10.2. The molecule has 1 aromatic carbocycles. The van der Waals surface area contributed by atoms with E-state index in [1.54, 1.807) is 0 Å². The van der Waals surface area contributed by atoms with Gasteiger partial charge in [-0.2, -0.15) is 20.3 Å². The Labute approximate surface area is 177 Å². The summed E-state index contributed by atoms with van der Waals surface area (Å²) in [5.41, 5.74) is 1.44. The fourth-order valence-corrected chi connectivity index (χ4v) is 2.58. The second kappa shape index (κ2) is 10.8. The first-order valence-electron chi connectivity index (χ1n) is 7.43. The van der Waals surface area contributed by atoms with Crippen LogP contribution in [0, 0.1) is 11.3 Å². The Bertz CT molecular complexity index is 438. The summed E-state index contributed by atoms with van der Waals surface area (Å²) in [5.74, 6) is 2.35. The topological polar surface area (TPSA) is 35.5 Å². The molecular formula is C18H27KO3. The van der Waals surface area contributed by atoms with E-state index >= 15 is 0 Å². The van der Waals surface area contributed by atoms with Gasteiger partial charge in [0.05, 0.1) is 6.61 Å².